The maximum atomic E-state index is 12.8. The van der Waals surface area contributed by atoms with Gasteiger partial charge < -0.3 is 10.1 Å². The van der Waals surface area contributed by atoms with E-state index in [4.69, 9.17) is 4.74 Å². The lowest BCUT2D eigenvalue weighted by molar-refractivity contribution is 0.256. The van der Waals surface area contributed by atoms with Crippen molar-refractivity contribution in [2.45, 2.75) is 43.0 Å². The van der Waals surface area contributed by atoms with E-state index in [-0.39, 0.29) is 10.9 Å². The van der Waals surface area contributed by atoms with Crippen LogP contribution in [0.2, 0.25) is 0 Å². The highest BCUT2D eigenvalue weighted by Crippen LogP contribution is 2.38. The number of aromatic nitrogens is 3. The molecule has 1 saturated carbocycles. The summed E-state index contributed by atoms with van der Waals surface area (Å²) in [6.07, 6.45) is 9.03. The van der Waals surface area contributed by atoms with Crippen LogP contribution in [-0.4, -0.2) is 36.3 Å². The zero-order chi connectivity index (χ0) is 22.3. The number of methoxy groups -OCH3 is 1. The molecule has 0 radical (unpaired) electrons. The van der Waals surface area contributed by atoms with Gasteiger partial charge in [0.1, 0.15) is 4.90 Å². The number of rotatable bonds is 6. The Labute approximate surface area is 185 Å². The molecule has 0 spiro atoms. The molecule has 166 valence electrons. The third-order valence-corrected chi connectivity index (χ3v) is 7.10. The van der Waals surface area contributed by atoms with Gasteiger partial charge >= 0.3 is 6.03 Å². The van der Waals surface area contributed by atoms with Crippen molar-refractivity contribution < 1.29 is 17.9 Å². The van der Waals surface area contributed by atoms with E-state index in [0.29, 0.717) is 11.6 Å². The first kappa shape index (κ1) is 20.5. The molecule has 3 aromatic rings. The lowest BCUT2D eigenvalue weighted by Gasteiger charge is -2.17. The largest absolute Gasteiger partial charge is 0.481 e. The number of urea groups is 1. The van der Waals surface area contributed by atoms with Crippen LogP contribution >= 0.6 is 0 Å². The van der Waals surface area contributed by atoms with Gasteiger partial charge in [0.25, 0.3) is 10.0 Å². The quantitative estimate of drug-likeness (QED) is 0.592. The van der Waals surface area contributed by atoms with Crippen LogP contribution in [0.1, 0.15) is 36.4 Å². The fraction of sp³-hybridized carbons (Fsp3) is 0.318. The second-order valence-electron chi connectivity index (χ2n) is 8.01. The van der Waals surface area contributed by atoms with Crippen molar-refractivity contribution in [3.05, 3.63) is 54.0 Å². The first-order chi connectivity index (χ1) is 15.4. The van der Waals surface area contributed by atoms with Gasteiger partial charge in [0.05, 0.1) is 25.0 Å². The van der Waals surface area contributed by atoms with Crippen molar-refractivity contribution in [3.8, 4) is 17.0 Å². The number of nitrogens with zero attached hydrogens (tertiary/aromatic N) is 3. The smallest absolute Gasteiger partial charge is 0.333 e. The van der Waals surface area contributed by atoms with E-state index in [9.17, 15) is 13.2 Å². The minimum atomic E-state index is -4.04. The van der Waals surface area contributed by atoms with Crippen LogP contribution in [0.25, 0.3) is 11.1 Å². The molecule has 10 heteroatoms. The lowest BCUT2D eigenvalue weighted by Crippen LogP contribution is -2.34. The van der Waals surface area contributed by atoms with Crippen molar-refractivity contribution in [3.63, 3.8) is 0 Å². The molecular formula is C22H23N5O4S. The molecule has 2 aliphatic rings. The van der Waals surface area contributed by atoms with Crippen LogP contribution in [-0.2, 0) is 22.9 Å². The number of carbonyl (C=O) groups is 1. The molecule has 2 amide bonds. The first-order valence-corrected chi connectivity index (χ1v) is 12.0. The van der Waals surface area contributed by atoms with E-state index in [2.05, 4.69) is 26.2 Å². The summed E-state index contributed by atoms with van der Waals surface area (Å²) >= 11 is 0. The van der Waals surface area contributed by atoms with E-state index in [0.717, 1.165) is 54.4 Å². The Morgan fingerprint density at radius 1 is 1.22 bits per heavy atom. The Morgan fingerprint density at radius 3 is 2.84 bits per heavy atom. The zero-order valence-corrected chi connectivity index (χ0v) is 18.4. The molecule has 2 heterocycles. The number of nitrogens with one attached hydrogen (secondary N) is 2. The number of anilines is 1. The number of fused-ring (bicyclic) bond motifs is 1. The Bertz CT molecular complexity index is 1300. The number of pyridine rings is 1. The van der Waals surface area contributed by atoms with Crippen molar-refractivity contribution >= 4 is 21.7 Å². The molecule has 2 N–H and O–H groups in total. The summed E-state index contributed by atoms with van der Waals surface area (Å²) in [5.74, 6) is 0.452. The fourth-order valence-corrected chi connectivity index (χ4v) is 4.90. The number of hydrogen-bond donors (Lipinski definition) is 2. The predicted octanol–water partition coefficient (Wildman–Crippen LogP) is 3.29. The minimum Gasteiger partial charge on any atom is -0.481 e. The Morgan fingerprint density at radius 2 is 2.06 bits per heavy atom. The molecule has 0 aliphatic heterocycles. The maximum absolute atomic E-state index is 12.8. The van der Waals surface area contributed by atoms with Gasteiger partial charge in [0.15, 0.2) is 0 Å². The average molecular weight is 454 g/mol. The van der Waals surface area contributed by atoms with Gasteiger partial charge in [-0.1, -0.05) is 12.1 Å². The Hall–Kier alpha value is -3.40. The Balaban J connectivity index is 1.43. The van der Waals surface area contributed by atoms with Gasteiger partial charge in [-0.15, -0.1) is 0 Å². The molecule has 1 aromatic carbocycles. The summed E-state index contributed by atoms with van der Waals surface area (Å²) in [5.41, 5.74) is 4.37. The lowest BCUT2D eigenvalue weighted by atomic mass is 9.98. The third kappa shape index (κ3) is 3.93. The highest BCUT2D eigenvalue weighted by Gasteiger charge is 2.28. The predicted molar refractivity (Wildman–Crippen MR) is 118 cm³/mol. The highest BCUT2D eigenvalue weighted by molar-refractivity contribution is 7.90. The third-order valence-electron chi connectivity index (χ3n) is 5.81. The minimum absolute atomic E-state index is 0.0306. The molecular weight excluding hydrogens is 430 g/mol. The first-order valence-electron chi connectivity index (χ1n) is 10.5. The number of sulfonamides is 1. The average Bonchev–Trinajstić information content (AvgIpc) is 3.29. The van der Waals surface area contributed by atoms with E-state index < -0.39 is 16.1 Å². The summed E-state index contributed by atoms with van der Waals surface area (Å²) in [7, 11) is -2.50. The van der Waals surface area contributed by atoms with Gasteiger partial charge in [-0.2, -0.15) is 5.10 Å². The molecule has 2 aliphatic carbocycles. The number of ether oxygens (including phenoxy) is 1. The number of aryl methyl sites for hydroxylation is 1. The van der Waals surface area contributed by atoms with Gasteiger partial charge in [-0.3, -0.25) is 4.68 Å². The van der Waals surface area contributed by atoms with Gasteiger partial charge in [-0.25, -0.2) is 22.9 Å². The second-order valence-corrected chi connectivity index (χ2v) is 9.70. The molecule has 0 bridgehead atoms. The maximum Gasteiger partial charge on any atom is 0.333 e. The second kappa shape index (κ2) is 7.94. The molecule has 32 heavy (non-hydrogen) atoms. The van der Waals surface area contributed by atoms with Gasteiger partial charge in [0.2, 0.25) is 5.88 Å². The van der Waals surface area contributed by atoms with Crippen LogP contribution in [0, 0.1) is 0 Å². The summed E-state index contributed by atoms with van der Waals surface area (Å²) < 4.78 is 34.4. The fourth-order valence-electron chi connectivity index (χ4n) is 4.06. The molecule has 9 nitrogen and oxygen atoms in total. The number of amides is 2. The van der Waals surface area contributed by atoms with Gasteiger partial charge in [-0.05, 0) is 54.9 Å². The molecule has 2 aromatic heterocycles. The SMILES string of the molecule is COc1cc(-c2ccc3c(c2NC(=O)NS(=O)(=O)c2cnn(C4CC4)c2)CCC3)ccn1. The van der Waals surface area contributed by atoms with Crippen molar-refractivity contribution in [1.82, 2.24) is 19.5 Å². The summed E-state index contributed by atoms with van der Waals surface area (Å²) in [5, 5.41) is 6.90. The molecule has 0 saturated heterocycles. The van der Waals surface area contributed by atoms with E-state index in [1.54, 1.807) is 16.9 Å². The van der Waals surface area contributed by atoms with Crippen molar-refractivity contribution in [2.24, 2.45) is 0 Å². The summed E-state index contributed by atoms with van der Waals surface area (Å²) in [4.78, 5) is 16.9. The van der Waals surface area contributed by atoms with E-state index >= 15 is 0 Å². The normalized spacial score (nSPS) is 15.3. The molecule has 1 fully saturated rings. The number of carbonyl (C=O) groups excluding carboxylic acids is 1. The van der Waals surface area contributed by atoms with E-state index in [1.165, 1.54) is 19.5 Å². The highest BCUT2D eigenvalue weighted by atomic mass is 32.2. The van der Waals surface area contributed by atoms with Crippen LogP contribution in [0.5, 0.6) is 5.88 Å². The Kier molecular flexibility index (Phi) is 5.09. The zero-order valence-electron chi connectivity index (χ0n) is 17.5. The number of benzene rings is 1. The van der Waals surface area contributed by atoms with E-state index in [1.807, 2.05) is 12.1 Å². The number of hydrogen-bond acceptors (Lipinski definition) is 6. The monoisotopic (exact) mass is 453 g/mol. The van der Waals surface area contributed by atoms with Crippen LogP contribution < -0.4 is 14.8 Å². The topological polar surface area (TPSA) is 115 Å². The van der Waals surface area contributed by atoms with Crippen LogP contribution in [0.3, 0.4) is 0 Å². The van der Waals surface area contributed by atoms with Crippen molar-refractivity contribution in [2.75, 3.05) is 12.4 Å². The van der Waals surface area contributed by atoms with Crippen molar-refractivity contribution in [1.29, 1.82) is 0 Å². The summed E-state index contributed by atoms with van der Waals surface area (Å²) in [6.45, 7) is 0. The van der Waals surface area contributed by atoms with Crippen LogP contribution in [0.15, 0.2) is 47.8 Å². The summed E-state index contributed by atoms with van der Waals surface area (Å²) in [6, 6.07) is 7.03. The standard InChI is InChI=1S/C22H23N5O4S/c1-31-20-11-15(9-10-23-20)19-8-5-14-3-2-4-18(14)21(19)25-22(28)26-32(29,30)17-12-24-27(13-17)16-6-7-16/h5,8-13,16H,2-4,6-7H2,1H3,(H2,25,26,28). The van der Waals surface area contributed by atoms with Gasteiger partial charge in [0, 0.05) is 24.0 Å². The molecule has 0 unspecified atom stereocenters. The molecule has 0 atom stereocenters. The molecule has 5 rings (SSSR count). The van der Waals surface area contributed by atoms with Crippen LogP contribution in [0.4, 0.5) is 10.5 Å².